The van der Waals surface area contributed by atoms with Gasteiger partial charge in [0.15, 0.2) is 0 Å². The summed E-state index contributed by atoms with van der Waals surface area (Å²) in [6, 6.07) is 2.17. The standard InChI is InChI=1S/C15H25NO/c1-12(2)10-14(11-16)15(17)9-8-13-6-4-3-5-7-13/h12-14H,3-10H2,1-2H3. The predicted octanol–water partition coefficient (Wildman–Crippen LogP) is 4.10. The Balaban J connectivity index is 2.29. The first-order valence-electron chi connectivity index (χ1n) is 7.05. The first-order valence-corrected chi connectivity index (χ1v) is 7.05. The second-order valence-electron chi connectivity index (χ2n) is 5.82. The van der Waals surface area contributed by atoms with Gasteiger partial charge in [0.25, 0.3) is 0 Å². The van der Waals surface area contributed by atoms with Gasteiger partial charge in [-0.05, 0) is 24.7 Å². The van der Waals surface area contributed by atoms with Crippen LogP contribution >= 0.6 is 0 Å². The van der Waals surface area contributed by atoms with Gasteiger partial charge in [-0.1, -0.05) is 46.0 Å². The van der Waals surface area contributed by atoms with E-state index in [1.54, 1.807) is 0 Å². The molecule has 0 aromatic heterocycles. The third-order valence-electron chi connectivity index (χ3n) is 3.78. The van der Waals surface area contributed by atoms with Gasteiger partial charge in [-0.3, -0.25) is 4.79 Å². The molecule has 0 saturated heterocycles. The van der Waals surface area contributed by atoms with Crippen molar-refractivity contribution in [1.29, 1.82) is 5.26 Å². The fourth-order valence-electron chi connectivity index (χ4n) is 2.72. The summed E-state index contributed by atoms with van der Waals surface area (Å²) in [6.45, 7) is 4.14. The van der Waals surface area contributed by atoms with Crippen molar-refractivity contribution in [3.8, 4) is 6.07 Å². The average Bonchev–Trinajstić information content (AvgIpc) is 2.34. The molecular weight excluding hydrogens is 210 g/mol. The molecule has 2 nitrogen and oxygen atoms in total. The highest BCUT2D eigenvalue weighted by Gasteiger charge is 2.21. The highest BCUT2D eigenvalue weighted by molar-refractivity contribution is 5.83. The lowest BCUT2D eigenvalue weighted by Gasteiger charge is -2.21. The van der Waals surface area contributed by atoms with Crippen LogP contribution in [0.4, 0.5) is 0 Å². The molecule has 1 saturated carbocycles. The van der Waals surface area contributed by atoms with Crippen molar-refractivity contribution in [2.24, 2.45) is 17.8 Å². The topological polar surface area (TPSA) is 40.9 Å². The van der Waals surface area contributed by atoms with Gasteiger partial charge in [-0.25, -0.2) is 0 Å². The maximum Gasteiger partial charge on any atom is 0.150 e. The van der Waals surface area contributed by atoms with Crippen molar-refractivity contribution in [2.45, 2.75) is 65.2 Å². The van der Waals surface area contributed by atoms with Crippen LogP contribution in [0.15, 0.2) is 0 Å². The Labute approximate surface area is 105 Å². The van der Waals surface area contributed by atoms with Crippen molar-refractivity contribution in [3.63, 3.8) is 0 Å². The number of ketones is 1. The molecule has 1 fully saturated rings. The van der Waals surface area contributed by atoms with E-state index >= 15 is 0 Å². The van der Waals surface area contributed by atoms with E-state index in [4.69, 9.17) is 5.26 Å². The van der Waals surface area contributed by atoms with E-state index in [2.05, 4.69) is 19.9 Å². The molecule has 17 heavy (non-hydrogen) atoms. The van der Waals surface area contributed by atoms with Gasteiger partial charge >= 0.3 is 0 Å². The van der Waals surface area contributed by atoms with Crippen molar-refractivity contribution in [1.82, 2.24) is 0 Å². The molecule has 0 heterocycles. The Hall–Kier alpha value is -0.840. The minimum atomic E-state index is -0.362. The molecule has 0 aliphatic heterocycles. The maximum atomic E-state index is 11.9. The zero-order valence-electron chi connectivity index (χ0n) is 11.2. The van der Waals surface area contributed by atoms with Crippen LogP contribution in [0.3, 0.4) is 0 Å². The quantitative estimate of drug-likeness (QED) is 0.695. The van der Waals surface area contributed by atoms with E-state index in [0.29, 0.717) is 12.3 Å². The van der Waals surface area contributed by atoms with Gasteiger partial charge in [0.1, 0.15) is 11.7 Å². The number of Topliss-reactive ketones (excluding diaryl/α,β-unsaturated/α-hetero) is 1. The molecule has 1 unspecified atom stereocenters. The molecule has 0 N–H and O–H groups in total. The third-order valence-corrected chi connectivity index (χ3v) is 3.78. The number of hydrogen-bond acceptors (Lipinski definition) is 2. The summed E-state index contributed by atoms with van der Waals surface area (Å²) in [4.78, 5) is 11.9. The number of hydrogen-bond donors (Lipinski definition) is 0. The molecule has 1 aliphatic rings. The number of nitriles is 1. The molecule has 0 amide bonds. The third kappa shape index (κ3) is 5.35. The fraction of sp³-hybridized carbons (Fsp3) is 0.867. The number of carbonyl (C=O) groups excluding carboxylic acids is 1. The summed E-state index contributed by atoms with van der Waals surface area (Å²) in [6.07, 6.45) is 8.94. The Morgan fingerprint density at radius 3 is 2.47 bits per heavy atom. The van der Waals surface area contributed by atoms with Gasteiger partial charge < -0.3 is 0 Å². The highest BCUT2D eigenvalue weighted by atomic mass is 16.1. The largest absolute Gasteiger partial charge is 0.298 e. The molecule has 0 aromatic rings. The first-order chi connectivity index (χ1) is 8.13. The minimum Gasteiger partial charge on any atom is -0.298 e. The lowest BCUT2D eigenvalue weighted by molar-refractivity contribution is -0.122. The van der Waals surface area contributed by atoms with Gasteiger partial charge in [0, 0.05) is 6.42 Å². The smallest absolute Gasteiger partial charge is 0.150 e. The van der Waals surface area contributed by atoms with Crippen LogP contribution in [0.5, 0.6) is 0 Å². The van der Waals surface area contributed by atoms with E-state index in [-0.39, 0.29) is 11.7 Å². The molecule has 0 aromatic carbocycles. The van der Waals surface area contributed by atoms with Crippen molar-refractivity contribution >= 4 is 5.78 Å². The fourth-order valence-corrected chi connectivity index (χ4v) is 2.72. The molecule has 1 aliphatic carbocycles. The van der Waals surface area contributed by atoms with Crippen LogP contribution in [-0.2, 0) is 4.79 Å². The zero-order chi connectivity index (χ0) is 12.7. The SMILES string of the molecule is CC(C)CC(C#N)C(=O)CCC1CCCCC1. The Kier molecular flexibility index (Phi) is 6.26. The zero-order valence-corrected chi connectivity index (χ0v) is 11.2. The van der Waals surface area contributed by atoms with Crippen LogP contribution in [0.2, 0.25) is 0 Å². The second-order valence-corrected chi connectivity index (χ2v) is 5.82. The summed E-state index contributed by atoms with van der Waals surface area (Å²) in [5.41, 5.74) is 0. The van der Waals surface area contributed by atoms with Crippen LogP contribution in [0.1, 0.15) is 65.2 Å². The van der Waals surface area contributed by atoms with Crippen molar-refractivity contribution in [2.75, 3.05) is 0 Å². The van der Waals surface area contributed by atoms with E-state index < -0.39 is 0 Å². The normalized spacial score (nSPS) is 18.9. The van der Waals surface area contributed by atoms with Gasteiger partial charge in [0.2, 0.25) is 0 Å². The van der Waals surface area contributed by atoms with E-state index in [1.807, 2.05) is 0 Å². The van der Waals surface area contributed by atoms with Crippen LogP contribution in [-0.4, -0.2) is 5.78 Å². The molecule has 96 valence electrons. The van der Waals surface area contributed by atoms with E-state index in [9.17, 15) is 4.79 Å². The Morgan fingerprint density at radius 2 is 1.94 bits per heavy atom. The van der Waals surface area contributed by atoms with E-state index in [1.165, 1.54) is 32.1 Å². The first kappa shape index (κ1) is 14.2. The van der Waals surface area contributed by atoms with Crippen molar-refractivity contribution in [3.05, 3.63) is 0 Å². The van der Waals surface area contributed by atoms with E-state index in [0.717, 1.165) is 18.8 Å². The molecule has 0 bridgehead atoms. The number of carbonyl (C=O) groups is 1. The Bertz CT molecular complexity index is 271. The summed E-state index contributed by atoms with van der Waals surface area (Å²) >= 11 is 0. The highest BCUT2D eigenvalue weighted by Crippen LogP contribution is 2.28. The summed E-state index contributed by atoms with van der Waals surface area (Å²) in [5, 5.41) is 9.01. The van der Waals surface area contributed by atoms with Gasteiger partial charge in [0.05, 0.1) is 6.07 Å². The minimum absolute atomic E-state index is 0.173. The number of rotatable bonds is 6. The molecule has 1 rings (SSSR count). The molecule has 1 atom stereocenters. The summed E-state index contributed by atoms with van der Waals surface area (Å²) in [5.74, 6) is 0.981. The molecule has 0 spiro atoms. The molecular formula is C15H25NO. The Morgan fingerprint density at radius 1 is 1.29 bits per heavy atom. The van der Waals surface area contributed by atoms with Crippen LogP contribution < -0.4 is 0 Å². The van der Waals surface area contributed by atoms with Crippen LogP contribution in [0.25, 0.3) is 0 Å². The molecule has 2 heteroatoms. The van der Waals surface area contributed by atoms with Gasteiger partial charge in [-0.15, -0.1) is 0 Å². The summed E-state index contributed by atoms with van der Waals surface area (Å²) in [7, 11) is 0. The van der Waals surface area contributed by atoms with Gasteiger partial charge in [-0.2, -0.15) is 5.26 Å². The molecule has 0 radical (unpaired) electrons. The summed E-state index contributed by atoms with van der Waals surface area (Å²) < 4.78 is 0. The lowest BCUT2D eigenvalue weighted by Crippen LogP contribution is -2.17. The average molecular weight is 235 g/mol. The monoisotopic (exact) mass is 235 g/mol. The maximum absolute atomic E-state index is 11.9. The second kappa shape index (κ2) is 7.48. The number of nitrogens with zero attached hydrogens (tertiary/aromatic N) is 1. The lowest BCUT2D eigenvalue weighted by atomic mass is 9.84. The predicted molar refractivity (Wildman–Crippen MR) is 69.4 cm³/mol. The van der Waals surface area contributed by atoms with Crippen molar-refractivity contribution < 1.29 is 4.79 Å². The van der Waals surface area contributed by atoms with Crippen LogP contribution in [0, 0.1) is 29.1 Å².